The molecular weight excluding hydrogens is 1520 g/mol. The Morgan fingerprint density at radius 1 is 0.161 bits per heavy atom. The maximum atomic E-state index is 13.0. The van der Waals surface area contributed by atoms with Crippen molar-refractivity contribution in [1.29, 1.82) is 0 Å². The van der Waals surface area contributed by atoms with Crippen molar-refractivity contribution < 1.29 is 39.4 Å². The summed E-state index contributed by atoms with van der Waals surface area (Å²) in [6.45, 7) is 11.8. The van der Waals surface area contributed by atoms with Crippen LogP contribution in [0.5, 0.6) is 46.0 Å². The number of aromatic hydroxyl groups is 4. The average molecular weight is 1690 g/mol. The van der Waals surface area contributed by atoms with Crippen LogP contribution < -0.4 is 18.9 Å². The summed E-state index contributed by atoms with van der Waals surface area (Å²) in [6.07, 6.45) is 74.4. The largest absolute Gasteiger partial charge is 0.507 e. The highest BCUT2D eigenvalue weighted by Crippen LogP contribution is 2.44. The van der Waals surface area contributed by atoms with Crippen LogP contribution in [0, 0.1) is 0 Å². The topological polar surface area (TPSA) is 118 Å². The van der Waals surface area contributed by atoms with Gasteiger partial charge in [0.1, 0.15) is 46.0 Å². The van der Waals surface area contributed by atoms with Gasteiger partial charge in [-0.05, 0) is 212 Å². The lowest BCUT2D eigenvalue weighted by molar-refractivity contribution is 0.304. The van der Waals surface area contributed by atoms with Crippen LogP contribution in [0.4, 0.5) is 0 Å². The van der Waals surface area contributed by atoms with Crippen molar-refractivity contribution in [3.63, 3.8) is 0 Å². The van der Waals surface area contributed by atoms with Crippen molar-refractivity contribution in [2.45, 2.75) is 413 Å². The fraction of sp³-hybridized carbons (Fsp3) is 0.586. The zero-order valence-corrected chi connectivity index (χ0v) is 78.5. The third-order valence-corrected chi connectivity index (χ3v) is 26.4. The van der Waals surface area contributed by atoms with Gasteiger partial charge in [0.15, 0.2) is 0 Å². The lowest BCUT2D eigenvalue weighted by Crippen LogP contribution is -2.03. The SMILES string of the molecule is CCCCCCCCCCCCCCCCOc1ccc(-c2cc3c(O)c(c2)Cc2cc(-c4ccc(OCCCCCCCCCCCCCCCC)cc4)cc(c2O)Cc2cc(-c4ccc(OCCCCCCCCCCCCCCCC)cc4)cc(c2O)Cc2cc(-c4ccc(OCCCCCCCCCCCCCCCC)cc4)cc(c2O)C3)cc1. The predicted molar refractivity (Wildman–Crippen MR) is 529 cm³/mol. The molecule has 124 heavy (non-hydrogen) atoms. The third-order valence-electron chi connectivity index (χ3n) is 26.4. The minimum atomic E-state index is 0.112. The fourth-order valence-electron chi connectivity index (χ4n) is 18.5. The predicted octanol–water partition coefficient (Wildman–Crippen LogP) is 35.3. The fourth-order valence-corrected chi connectivity index (χ4v) is 18.5. The standard InChI is InChI=1S/C116H168O8/c1-5-9-13-17-21-25-29-33-37-41-45-49-53-57-77-121-109-69-61-93(62-70-109)97-81-101-89-103-83-98(94-63-71-110(72-64-94)122-78-58-54-50-46-42-38-34-30-26-22-18-14-10-6-2)85-105(114(103)118)91-107-87-100(96-67-75-112(76-68-96)124-80-60-56-52-48-44-40-36-32-28-24-20-16-12-8-4)88-108(116(107)120)92-106-86-99(84-104(115(106)119)90-102(82-97)113(101)117)95-65-73-111(74-66-95)123-79-59-55-51-47-43-39-35-31-27-23-19-15-11-7-3/h61-76,81-88,117-120H,5-60,77-80,89-92H2,1-4H3. The van der Waals surface area contributed by atoms with Gasteiger partial charge in [-0.2, -0.15) is 0 Å². The monoisotopic (exact) mass is 1690 g/mol. The molecule has 8 aromatic rings. The smallest absolute Gasteiger partial charge is 0.122 e. The summed E-state index contributed by atoms with van der Waals surface area (Å²) in [7, 11) is 0. The molecule has 0 aromatic heterocycles. The molecule has 9 rings (SSSR count). The second-order valence-electron chi connectivity index (χ2n) is 37.2. The molecule has 0 aliphatic heterocycles. The first-order valence-corrected chi connectivity index (χ1v) is 51.4. The van der Waals surface area contributed by atoms with Gasteiger partial charge < -0.3 is 39.4 Å². The Kier molecular flexibility index (Phi) is 49.6. The molecule has 0 fully saturated rings. The van der Waals surface area contributed by atoms with E-state index in [0.29, 0.717) is 70.9 Å². The molecule has 0 saturated heterocycles. The Morgan fingerprint density at radius 2 is 0.282 bits per heavy atom. The maximum Gasteiger partial charge on any atom is 0.122 e. The molecular formula is C116H168O8. The quantitative estimate of drug-likeness (QED) is 0.0279. The van der Waals surface area contributed by atoms with Crippen molar-refractivity contribution in [3.05, 3.63) is 190 Å². The number of ether oxygens (including phenoxy) is 4. The van der Waals surface area contributed by atoms with E-state index in [2.05, 4.69) is 173 Å². The first-order chi connectivity index (χ1) is 61.1. The molecule has 0 spiro atoms. The average Bonchev–Trinajstić information content (AvgIpc) is 0.770. The van der Waals surface area contributed by atoms with Crippen LogP contribution in [-0.2, 0) is 25.7 Å². The van der Waals surface area contributed by atoms with Crippen molar-refractivity contribution >= 4 is 0 Å². The van der Waals surface area contributed by atoms with E-state index in [9.17, 15) is 20.4 Å². The second-order valence-corrected chi connectivity index (χ2v) is 37.2. The molecule has 0 radical (unpaired) electrons. The van der Waals surface area contributed by atoms with Crippen LogP contribution in [0.2, 0.25) is 0 Å². The van der Waals surface area contributed by atoms with E-state index in [-0.39, 0.29) is 48.7 Å². The number of benzene rings is 8. The number of rotatable bonds is 68. The van der Waals surface area contributed by atoms with E-state index in [1.54, 1.807) is 0 Å². The van der Waals surface area contributed by atoms with E-state index < -0.39 is 0 Å². The highest BCUT2D eigenvalue weighted by molar-refractivity contribution is 5.75. The number of fused-ring (bicyclic) bond motifs is 8. The van der Waals surface area contributed by atoms with Crippen molar-refractivity contribution in [2.24, 2.45) is 0 Å². The van der Waals surface area contributed by atoms with E-state index in [0.717, 1.165) is 119 Å². The van der Waals surface area contributed by atoms with Crippen LogP contribution in [0.15, 0.2) is 146 Å². The minimum Gasteiger partial charge on any atom is -0.507 e. The van der Waals surface area contributed by atoms with Gasteiger partial charge in [-0.1, -0.05) is 410 Å². The van der Waals surface area contributed by atoms with E-state index in [1.165, 1.54) is 308 Å². The molecule has 0 atom stereocenters. The summed E-state index contributed by atoms with van der Waals surface area (Å²) in [5, 5.41) is 52.0. The van der Waals surface area contributed by atoms with Crippen molar-refractivity contribution in [1.82, 2.24) is 0 Å². The maximum absolute atomic E-state index is 13.0. The zero-order valence-electron chi connectivity index (χ0n) is 78.5. The summed E-state index contributed by atoms with van der Waals surface area (Å²) in [5.41, 5.74) is 12.6. The summed E-state index contributed by atoms with van der Waals surface area (Å²) < 4.78 is 25.6. The number of hydrogen-bond acceptors (Lipinski definition) is 8. The molecule has 1 aliphatic carbocycles. The van der Waals surface area contributed by atoms with Gasteiger partial charge in [0, 0.05) is 25.7 Å². The molecule has 680 valence electrons. The number of phenols is 4. The highest BCUT2D eigenvalue weighted by atomic mass is 16.5. The van der Waals surface area contributed by atoms with Gasteiger partial charge in [-0.25, -0.2) is 0 Å². The summed E-state index contributed by atoms with van der Waals surface area (Å²) >= 11 is 0. The Balaban J connectivity index is 0.959. The molecule has 0 heterocycles. The number of phenolic OH excluding ortho intramolecular Hbond substituents is 4. The third kappa shape index (κ3) is 38.0. The van der Waals surface area contributed by atoms with Gasteiger partial charge in [-0.3, -0.25) is 0 Å². The summed E-state index contributed by atoms with van der Waals surface area (Å²) in [4.78, 5) is 0. The Labute approximate surface area is 754 Å². The highest BCUT2D eigenvalue weighted by Gasteiger charge is 2.24. The molecule has 0 saturated carbocycles. The van der Waals surface area contributed by atoms with E-state index >= 15 is 0 Å². The molecule has 1 aliphatic rings. The van der Waals surface area contributed by atoms with Gasteiger partial charge in [0.05, 0.1) is 26.4 Å². The van der Waals surface area contributed by atoms with Crippen LogP contribution in [0.3, 0.4) is 0 Å². The first kappa shape index (κ1) is 99.9. The molecule has 8 nitrogen and oxygen atoms in total. The minimum absolute atomic E-state index is 0.112. The van der Waals surface area contributed by atoms with Crippen molar-refractivity contribution in [3.8, 4) is 90.5 Å². The normalized spacial score (nSPS) is 12.0. The summed E-state index contributed by atoms with van der Waals surface area (Å²) in [6, 6.07) is 49.8. The lowest BCUT2D eigenvalue weighted by Gasteiger charge is -2.21. The van der Waals surface area contributed by atoms with Crippen LogP contribution in [0.1, 0.15) is 432 Å². The van der Waals surface area contributed by atoms with E-state index in [1.807, 2.05) is 0 Å². The van der Waals surface area contributed by atoms with Crippen LogP contribution >= 0.6 is 0 Å². The van der Waals surface area contributed by atoms with Gasteiger partial charge >= 0.3 is 0 Å². The lowest BCUT2D eigenvalue weighted by atomic mass is 9.86. The number of unbranched alkanes of at least 4 members (excludes halogenated alkanes) is 52. The Hall–Kier alpha value is -7.84. The van der Waals surface area contributed by atoms with Crippen LogP contribution in [0.25, 0.3) is 44.5 Å². The first-order valence-electron chi connectivity index (χ1n) is 51.4. The summed E-state index contributed by atoms with van der Waals surface area (Å²) in [5.74, 6) is 3.76. The van der Waals surface area contributed by atoms with Gasteiger partial charge in [0.25, 0.3) is 0 Å². The van der Waals surface area contributed by atoms with Gasteiger partial charge in [0.2, 0.25) is 0 Å². The molecule has 8 bridgehead atoms. The van der Waals surface area contributed by atoms with Crippen LogP contribution in [-0.4, -0.2) is 46.9 Å². The molecule has 8 heteroatoms. The number of hydrogen-bond donors (Lipinski definition) is 4. The zero-order chi connectivity index (χ0) is 86.9. The molecule has 0 amide bonds. The second kappa shape index (κ2) is 61.5. The molecule has 0 unspecified atom stereocenters. The van der Waals surface area contributed by atoms with Gasteiger partial charge in [-0.15, -0.1) is 0 Å². The molecule has 8 aromatic carbocycles. The van der Waals surface area contributed by atoms with E-state index in [4.69, 9.17) is 18.9 Å². The Bertz CT molecular complexity index is 3490. The Morgan fingerprint density at radius 3 is 0.411 bits per heavy atom. The molecule has 4 N–H and O–H groups in total. The van der Waals surface area contributed by atoms with Crippen molar-refractivity contribution in [2.75, 3.05) is 26.4 Å².